The number of carbonyl (C=O) groups is 1. The first kappa shape index (κ1) is 21.3. The van der Waals surface area contributed by atoms with Crippen molar-refractivity contribution < 1.29 is 9.18 Å². The summed E-state index contributed by atoms with van der Waals surface area (Å²) in [7, 11) is 1.68. The maximum Gasteiger partial charge on any atom is 0.250 e. The van der Waals surface area contributed by atoms with Crippen LogP contribution in [0.4, 0.5) is 4.39 Å². The third kappa shape index (κ3) is 4.62. The van der Waals surface area contributed by atoms with E-state index in [-0.39, 0.29) is 21.9 Å². The molecule has 29 heavy (non-hydrogen) atoms. The number of aryl methyl sites for hydroxylation is 2. The second-order valence-corrected chi connectivity index (χ2v) is 8.47. The summed E-state index contributed by atoms with van der Waals surface area (Å²) in [6.45, 7) is 3.94. The number of nitrogens with zero attached hydrogens (tertiary/aromatic N) is 1. The van der Waals surface area contributed by atoms with Gasteiger partial charge in [0.1, 0.15) is 5.82 Å². The molecule has 0 aliphatic rings. The summed E-state index contributed by atoms with van der Waals surface area (Å²) < 4.78 is 14.9. The van der Waals surface area contributed by atoms with E-state index in [0.717, 1.165) is 39.8 Å². The van der Waals surface area contributed by atoms with Gasteiger partial charge in [-0.25, -0.2) is 4.39 Å². The van der Waals surface area contributed by atoms with Crippen LogP contribution >= 0.6 is 23.4 Å². The SMILES string of the molecule is CCSCc1ccc(C(=O)c2ccc(F)cc2Cl)c(-c2cn(C)c(=O)cc2C)c1. The third-order valence-electron chi connectivity index (χ3n) is 4.70. The van der Waals surface area contributed by atoms with E-state index in [1.807, 2.05) is 19.1 Å². The highest BCUT2D eigenvalue weighted by Gasteiger charge is 2.20. The van der Waals surface area contributed by atoms with Crippen LogP contribution in [0.3, 0.4) is 0 Å². The number of rotatable bonds is 6. The van der Waals surface area contributed by atoms with Gasteiger partial charge in [-0.15, -0.1) is 0 Å². The second-order valence-electron chi connectivity index (χ2n) is 6.79. The van der Waals surface area contributed by atoms with Crippen molar-refractivity contribution in [3.8, 4) is 11.1 Å². The molecule has 150 valence electrons. The molecule has 0 bridgehead atoms. The Kier molecular flexibility index (Phi) is 6.60. The Labute approximate surface area is 178 Å². The van der Waals surface area contributed by atoms with E-state index in [1.54, 1.807) is 37.1 Å². The zero-order valence-corrected chi connectivity index (χ0v) is 18.0. The van der Waals surface area contributed by atoms with Gasteiger partial charge in [-0.1, -0.05) is 30.7 Å². The molecule has 0 radical (unpaired) electrons. The molecule has 0 saturated heterocycles. The van der Waals surface area contributed by atoms with Gasteiger partial charge >= 0.3 is 0 Å². The van der Waals surface area contributed by atoms with Gasteiger partial charge in [0.25, 0.3) is 5.56 Å². The summed E-state index contributed by atoms with van der Waals surface area (Å²) in [6.07, 6.45) is 1.74. The Bertz CT molecular complexity index is 1140. The van der Waals surface area contributed by atoms with Crippen LogP contribution in [0.15, 0.2) is 53.5 Å². The van der Waals surface area contributed by atoms with Gasteiger partial charge in [0.15, 0.2) is 5.78 Å². The first-order valence-electron chi connectivity index (χ1n) is 9.20. The molecule has 0 amide bonds. The lowest BCUT2D eigenvalue weighted by Crippen LogP contribution is -2.16. The zero-order chi connectivity index (χ0) is 21.1. The lowest BCUT2D eigenvalue weighted by molar-refractivity contribution is 0.103. The molecule has 6 heteroatoms. The van der Waals surface area contributed by atoms with Gasteiger partial charge in [0.05, 0.1) is 5.02 Å². The number of aromatic nitrogens is 1. The number of carbonyl (C=O) groups excluding carboxylic acids is 1. The monoisotopic (exact) mass is 429 g/mol. The molecular weight excluding hydrogens is 409 g/mol. The van der Waals surface area contributed by atoms with E-state index in [0.29, 0.717) is 5.56 Å². The molecule has 3 rings (SSSR count). The Morgan fingerprint density at radius 3 is 2.52 bits per heavy atom. The van der Waals surface area contributed by atoms with Gasteiger partial charge in [-0.05, 0) is 53.6 Å². The molecule has 0 spiro atoms. The molecule has 0 aliphatic heterocycles. The van der Waals surface area contributed by atoms with E-state index in [4.69, 9.17) is 11.6 Å². The van der Waals surface area contributed by atoms with Crippen molar-refractivity contribution in [1.82, 2.24) is 4.57 Å². The van der Waals surface area contributed by atoms with Crippen molar-refractivity contribution in [3.05, 3.63) is 92.1 Å². The Hall–Kier alpha value is -2.37. The molecule has 3 nitrogen and oxygen atoms in total. The summed E-state index contributed by atoms with van der Waals surface area (Å²) in [4.78, 5) is 25.3. The fourth-order valence-corrected chi connectivity index (χ4v) is 4.02. The first-order chi connectivity index (χ1) is 13.8. The van der Waals surface area contributed by atoms with E-state index < -0.39 is 5.82 Å². The standard InChI is InChI=1S/C23H21ClFNO2S/c1-4-29-13-15-5-7-17(23(28)18-8-6-16(25)11-21(18)24)19(10-15)20-12-26(3)22(27)9-14(20)2/h5-12H,4,13H2,1-3H3. The lowest BCUT2D eigenvalue weighted by atomic mass is 9.91. The van der Waals surface area contributed by atoms with Crippen LogP contribution in [0.2, 0.25) is 5.02 Å². The van der Waals surface area contributed by atoms with Crippen molar-refractivity contribution >= 4 is 29.1 Å². The largest absolute Gasteiger partial charge is 0.318 e. The number of hydrogen-bond acceptors (Lipinski definition) is 3. The average molecular weight is 430 g/mol. The minimum absolute atomic E-state index is 0.0729. The second kappa shape index (κ2) is 8.97. The lowest BCUT2D eigenvalue weighted by Gasteiger charge is -2.15. The summed E-state index contributed by atoms with van der Waals surface area (Å²) in [6, 6.07) is 11.0. The predicted octanol–water partition coefficient (Wildman–Crippen LogP) is 5.64. The summed E-state index contributed by atoms with van der Waals surface area (Å²) in [5.41, 5.74) is 4.00. The van der Waals surface area contributed by atoms with Crippen LogP contribution in [-0.2, 0) is 12.8 Å². The maximum atomic E-state index is 13.4. The Balaban J connectivity index is 2.20. The van der Waals surface area contributed by atoms with Crippen LogP contribution in [0, 0.1) is 12.7 Å². The van der Waals surface area contributed by atoms with Crippen molar-refractivity contribution in [1.29, 1.82) is 0 Å². The Morgan fingerprint density at radius 1 is 1.10 bits per heavy atom. The number of halogens is 2. The Morgan fingerprint density at radius 2 is 1.83 bits per heavy atom. The smallest absolute Gasteiger partial charge is 0.250 e. The number of ketones is 1. The fraction of sp³-hybridized carbons (Fsp3) is 0.217. The molecule has 1 heterocycles. The molecule has 0 saturated carbocycles. The van der Waals surface area contributed by atoms with Crippen molar-refractivity contribution in [3.63, 3.8) is 0 Å². The quantitative estimate of drug-likeness (QED) is 0.476. The molecule has 0 atom stereocenters. The summed E-state index contributed by atoms with van der Waals surface area (Å²) >= 11 is 7.93. The molecule has 0 unspecified atom stereocenters. The molecule has 1 aromatic heterocycles. The molecule has 3 aromatic rings. The van der Waals surface area contributed by atoms with Gasteiger partial charge in [-0.2, -0.15) is 11.8 Å². The molecule has 0 aliphatic carbocycles. The van der Waals surface area contributed by atoms with Gasteiger partial charge < -0.3 is 4.57 Å². The average Bonchev–Trinajstić information content (AvgIpc) is 2.68. The summed E-state index contributed by atoms with van der Waals surface area (Å²) in [5, 5.41) is 0.0729. The van der Waals surface area contributed by atoms with Crippen molar-refractivity contribution in [2.24, 2.45) is 7.05 Å². The number of hydrogen-bond donors (Lipinski definition) is 0. The van der Waals surface area contributed by atoms with Crippen LogP contribution in [0.5, 0.6) is 0 Å². The van der Waals surface area contributed by atoms with Gasteiger partial charge in [-0.3, -0.25) is 9.59 Å². The van der Waals surface area contributed by atoms with E-state index in [1.165, 1.54) is 16.7 Å². The van der Waals surface area contributed by atoms with E-state index in [2.05, 4.69) is 6.92 Å². The highest BCUT2D eigenvalue weighted by Crippen LogP contribution is 2.31. The third-order valence-corrected chi connectivity index (χ3v) is 5.96. The molecule has 0 fully saturated rings. The topological polar surface area (TPSA) is 39.1 Å². The zero-order valence-electron chi connectivity index (χ0n) is 16.5. The minimum atomic E-state index is -0.493. The maximum absolute atomic E-state index is 13.4. The van der Waals surface area contributed by atoms with Crippen LogP contribution in [-0.4, -0.2) is 16.1 Å². The van der Waals surface area contributed by atoms with Crippen LogP contribution in [0.1, 0.15) is 34.0 Å². The number of pyridine rings is 1. The van der Waals surface area contributed by atoms with Crippen LogP contribution < -0.4 is 5.56 Å². The molecular formula is C23H21ClFNO2S. The van der Waals surface area contributed by atoms with Crippen molar-refractivity contribution in [2.75, 3.05) is 5.75 Å². The molecule has 0 N–H and O–H groups in total. The highest BCUT2D eigenvalue weighted by atomic mass is 35.5. The fourth-order valence-electron chi connectivity index (χ4n) is 3.15. The first-order valence-corrected chi connectivity index (χ1v) is 10.7. The molecule has 2 aromatic carbocycles. The number of benzene rings is 2. The number of thioether (sulfide) groups is 1. The highest BCUT2D eigenvalue weighted by molar-refractivity contribution is 7.98. The van der Waals surface area contributed by atoms with Crippen molar-refractivity contribution in [2.45, 2.75) is 19.6 Å². The van der Waals surface area contributed by atoms with Gasteiger partial charge in [0, 0.05) is 41.8 Å². The predicted molar refractivity (Wildman–Crippen MR) is 119 cm³/mol. The van der Waals surface area contributed by atoms with Crippen LogP contribution in [0.25, 0.3) is 11.1 Å². The van der Waals surface area contributed by atoms with E-state index in [9.17, 15) is 14.0 Å². The van der Waals surface area contributed by atoms with E-state index >= 15 is 0 Å². The summed E-state index contributed by atoms with van der Waals surface area (Å²) in [5.74, 6) is 1.03. The van der Waals surface area contributed by atoms with Gasteiger partial charge in [0.2, 0.25) is 0 Å². The normalized spacial score (nSPS) is 10.9. The minimum Gasteiger partial charge on any atom is -0.318 e.